The topological polar surface area (TPSA) is 67.6 Å². The molecule has 1 N–H and O–H groups in total. The lowest BCUT2D eigenvalue weighted by molar-refractivity contribution is 0.0383. The zero-order valence-corrected chi connectivity index (χ0v) is 13.5. The second kappa shape index (κ2) is 7.55. The lowest BCUT2D eigenvalue weighted by Gasteiger charge is -2.26. The van der Waals surface area contributed by atoms with Gasteiger partial charge in [0.2, 0.25) is 0 Å². The molecule has 1 aromatic carbocycles. The number of nitrogens with zero attached hydrogens (tertiary/aromatic N) is 2. The van der Waals surface area contributed by atoms with Crippen LogP contribution in [0.3, 0.4) is 0 Å². The highest BCUT2D eigenvalue weighted by Gasteiger charge is 2.22. The largest absolute Gasteiger partial charge is 0.379 e. The molecular weight excluding hydrogens is 313 g/mol. The van der Waals surface area contributed by atoms with Crippen LogP contribution in [0.1, 0.15) is 16.1 Å². The molecular formula is C17H20FN3O3. The number of halogens is 1. The van der Waals surface area contributed by atoms with Crippen molar-refractivity contribution in [2.24, 2.45) is 0 Å². The van der Waals surface area contributed by atoms with Crippen molar-refractivity contribution < 1.29 is 18.4 Å². The van der Waals surface area contributed by atoms with Crippen molar-refractivity contribution in [2.45, 2.75) is 6.92 Å². The molecule has 0 atom stereocenters. The maximum atomic E-state index is 13.4. The number of aromatic nitrogens is 1. The summed E-state index contributed by atoms with van der Waals surface area (Å²) in [6, 6.07) is 5.96. The Kier molecular flexibility index (Phi) is 5.22. The maximum absolute atomic E-state index is 13.4. The van der Waals surface area contributed by atoms with Crippen molar-refractivity contribution in [3.63, 3.8) is 0 Å². The van der Waals surface area contributed by atoms with Crippen molar-refractivity contribution in [1.82, 2.24) is 15.4 Å². The third-order valence-corrected chi connectivity index (χ3v) is 4.01. The predicted molar refractivity (Wildman–Crippen MR) is 86.2 cm³/mol. The normalized spacial score (nSPS) is 15.4. The van der Waals surface area contributed by atoms with E-state index in [9.17, 15) is 9.18 Å². The van der Waals surface area contributed by atoms with Gasteiger partial charge < -0.3 is 14.6 Å². The van der Waals surface area contributed by atoms with Crippen LogP contribution < -0.4 is 5.32 Å². The Labute approximate surface area is 139 Å². The van der Waals surface area contributed by atoms with Crippen molar-refractivity contribution in [3.8, 4) is 11.3 Å². The number of carbonyl (C=O) groups is 1. The zero-order valence-electron chi connectivity index (χ0n) is 13.5. The first-order valence-corrected chi connectivity index (χ1v) is 7.95. The van der Waals surface area contributed by atoms with Crippen LogP contribution in [0.15, 0.2) is 28.8 Å². The first kappa shape index (κ1) is 16.6. The standard InChI is InChI=1S/C17H20FN3O3/c1-12-15(16(20-24-12)13-3-2-4-14(18)11-13)17(22)19-5-6-21-7-9-23-10-8-21/h2-4,11H,5-10H2,1H3,(H,19,22). The number of nitrogens with one attached hydrogen (secondary N) is 1. The van der Waals surface area contributed by atoms with Gasteiger partial charge in [0.1, 0.15) is 22.8 Å². The van der Waals surface area contributed by atoms with Crippen LogP contribution in [-0.2, 0) is 4.74 Å². The van der Waals surface area contributed by atoms with Gasteiger partial charge in [-0.1, -0.05) is 17.3 Å². The zero-order chi connectivity index (χ0) is 16.9. The van der Waals surface area contributed by atoms with Gasteiger partial charge in [-0.25, -0.2) is 4.39 Å². The highest BCUT2D eigenvalue weighted by atomic mass is 19.1. The minimum atomic E-state index is -0.383. The molecule has 2 aromatic rings. The lowest BCUT2D eigenvalue weighted by Crippen LogP contribution is -2.41. The molecule has 3 rings (SSSR count). The molecule has 1 fully saturated rings. The Morgan fingerprint density at radius 2 is 2.17 bits per heavy atom. The summed E-state index contributed by atoms with van der Waals surface area (Å²) < 4.78 is 23.9. The van der Waals surface area contributed by atoms with Gasteiger partial charge in [-0.3, -0.25) is 9.69 Å². The summed E-state index contributed by atoms with van der Waals surface area (Å²) in [4.78, 5) is 14.7. The van der Waals surface area contributed by atoms with E-state index < -0.39 is 0 Å². The van der Waals surface area contributed by atoms with E-state index in [4.69, 9.17) is 9.26 Å². The highest BCUT2D eigenvalue weighted by molar-refractivity contribution is 6.00. The van der Waals surface area contributed by atoms with Gasteiger partial charge >= 0.3 is 0 Å². The number of morpholine rings is 1. The van der Waals surface area contributed by atoms with Gasteiger partial charge in [-0.05, 0) is 19.1 Å². The van der Waals surface area contributed by atoms with E-state index in [1.54, 1.807) is 19.1 Å². The minimum absolute atomic E-state index is 0.263. The fourth-order valence-electron chi connectivity index (χ4n) is 2.71. The summed E-state index contributed by atoms with van der Waals surface area (Å²) in [6.07, 6.45) is 0. The number of amides is 1. The first-order chi connectivity index (χ1) is 11.6. The van der Waals surface area contributed by atoms with Crippen LogP contribution in [0, 0.1) is 12.7 Å². The van der Waals surface area contributed by atoms with Gasteiger partial charge in [0, 0.05) is 31.7 Å². The smallest absolute Gasteiger partial charge is 0.257 e. The fourth-order valence-corrected chi connectivity index (χ4v) is 2.71. The van der Waals surface area contributed by atoms with Crippen LogP contribution >= 0.6 is 0 Å². The summed E-state index contributed by atoms with van der Waals surface area (Å²) in [6.45, 7) is 6.14. The van der Waals surface area contributed by atoms with Crippen molar-refractivity contribution in [1.29, 1.82) is 0 Å². The average molecular weight is 333 g/mol. The third kappa shape index (κ3) is 3.80. The monoisotopic (exact) mass is 333 g/mol. The third-order valence-electron chi connectivity index (χ3n) is 4.01. The van der Waals surface area contributed by atoms with Gasteiger partial charge in [0.05, 0.1) is 13.2 Å². The Hall–Kier alpha value is -2.25. The van der Waals surface area contributed by atoms with Crippen molar-refractivity contribution in [3.05, 3.63) is 41.4 Å². The molecule has 0 aliphatic carbocycles. The molecule has 0 radical (unpaired) electrons. The molecule has 6 nitrogen and oxygen atoms in total. The molecule has 1 aliphatic heterocycles. The van der Waals surface area contributed by atoms with E-state index in [1.165, 1.54) is 12.1 Å². The number of hydrogen-bond donors (Lipinski definition) is 1. The molecule has 0 unspecified atom stereocenters. The molecule has 1 aromatic heterocycles. The summed E-state index contributed by atoms with van der Waals surface area (Å²) in [7, 11) is 0. The van der Waals surface area contributed by atoms with E-state index >= 15 is 0 Å². The van der Waals surface area contributed by atoms with E-state index in [0.29, 0.717) is 29.1 Å². The first-order valence-electron chi connectivity index (χ1n) is 7.95. The van der Waals surface area contributed by atoms with Gasteiger partial charge in [-0.2, -0.15) is 0 Å². The van der Waals surface area contributed by atoms with Crippen molar-refractivity contribution in [2.75, 3.05) is 39.4 Å². The lowest BCUT2D eigenvalue weighted by atomic mass is 10.1. The molecule has 2 heterocycles. The molecule has 1 aliphatic rings. The number of rotatable bonds is 5. The molecule has 0 saturated carbocycles. The molecule has 128 valence electrons. The Morgan fingerprint density at radius 3 is 2.92 bits per heavy atom. The van der Waals surface area contributed by atoms with Crippen LogP contribution in [-0.4, -0.2) is 55.4 Å². The predicted octanol–water partition coefficient (Wildman–Crippen LogP) is 1.85. The van der Waals surface area contributed by atoms with Gasteiger partial charge in [0.15, 0.2) is 0 Å². The van der Waals surface area contributed by atoms with E-state index in [2.05, 4.69) is 15.4 Å². The Morgan fingerprint density at radius 1 is 1.38 bits per heavy atom. The van der Waals surface area contributed by atoms with Crippen LogP contribution in [0.2, 0.25) is 0 Å². The molecule has 1 saturated heterocycles. The molecule has 24 heavy (non-hydrogen) atoms. The second-order valence-electron chi connectivity index (χ2n) is 5.68. The average Bonchev–Trinajstić information content (AvgIpc) is 2.97. The Balaban J connectivity index is 1.67. The summed E-state index contributed by atoms with van der Waals surface area (Å²) in [5, 5.41) is 6.80. The number of ether oxygens (including phenoxy) is 1. The van der Waals surface area contributed by atoms with Gasteiger partial charge in [-0.15, -0.1) is 0 Å². The van der Waals surface area contributed by atoms with Crippen LogP contribution in [0.25, 0.3) is 11.3 Å². The highest BCUT2D eigenvalue weighted by Crippen LogP contribution is 2.25. The SMILES string of the molecule is Cc1onc(-c2cccc(F)c2)c1C(=O)NCCN1CCOCC1. The summed E-state index contributed by atoms with van der Waals surface area (Å²) >= 11 is 0. The van der Waals surface area contributed by atoms with E-state index in [-0.39, 0.29) is 11.7 Å². The minimum Gasteiger partial charge on any atom is -0.379 e. The summed E-state index contributed by atoms with van der Waals surface area (Å²) in [5.41, 5.74) is 1.23. The molecule has 0 bridgehead atoms. The van der Waals surface area contributed by atoms with Crippen molar-refractivity contribution >= 4 is 5.91 Å². The second-order valence-corrected chi connectivity index (χ2v) is 5.68. The maximum Gasteiger partial charge on any atom is 0.257 e. The van der Waals surface area contributed by atoms with Gasteiger partial charge in [0.25, 0.3) is 5.91 Å². The quantitative estimate of drug-likeness (QED) is 0.904. The van der Waals surface area contributed by atoms with E-state index in [0.717, 1.165) is 32.8 Å². The van der Waals surface area contributed by atoms with E-state index in [1.807, 2.05) is 0 Å². The number of aryl methyl sites for hydroxylation is 1. The fraction of sp³-hybridized carbons (Fsp3) is 0.412. The molecule has 0 spiro atoms. The number of carbonyl (C=O) groups excluding carboxylic acids is 1. The van der Waals surface area contributed by atoms with Crippen LogP contribution in [0.5, 0.6) is 0 Å². The van der Waals surface area contributed by atoms with Crippen LogP contribution in [0.4, 0.5) is 4.39 Å². The number of hydrogen-bond acceptors (Lipinski definition) is 5. The summed E-state index contributed by atoms with van der Waals surface area (Å²) in [5.74, 6) is -0.230. The Bertz CT molecular complexity index is 711. The number of benzene rings is 1. The molecule has 7 heteroatoms. The molecule has 1 amide bonds.